The topological polar surface area (TPSA) is 78.7 Å². The molecule has 0 aromatic carbocycles. The van der Waals surface area contributed by atoms with Gasteiger partial charge in [0.2, 0.25) is 5.91 Å². The maximum atomic E-state index is 12.8. The predicted molar refractivity (Wildman–Crippen MR) is 95.6 cm³/mol. The minimum atomic E-state index is -0.295. The van der Waals surface area contributed by atoms with Crippen molar-refractivity contribution in [2.75, 3.05) is 26.2 Å². The van der Waals surface area contributed by atoms with Gasteiger partial charge in [0, 0.05) is 32.7 Å². The highest BCUT2D eigenvalue weighted by Crippen LogP contribution is 2.26. The Balaban J connectivity index is 1.43. The number of likely N-dealkylation sites (tertiary alicyclic amines) is 2. The number of hydrogen-bond acceptors (Lipinski definition) is 4. The van der Waals surface area contributed by atoms with E-state index < -0.39 is 0 Å². The normalized spacial score (nSPS) is 24.4. The number of nitrogens with zero attached hydrogens (tertiary/aromatic N) is 4. The first-order valence-electron chi connectivity index (χ1n) is 9.93. The summed E-state index contributed by atoms with van der Waals surface area (Å²) in [5, 5.41) is 9.63. The number of carbonyl (C=O) groups excluding carboxylic acids is 2. The molecule has 142 valence electrons. The van der Waals surface area contributed by atoms with Crippen LogP contribution in [0, 0.1) is 5.92 Å². The van der Waals surface area contributed by atoms with Gasteiger partial charge < -0.3 is 19.5 Å². The number of aliphatic hydroxyl groups excluding tert-OH is 1. The van der Waals surface area contributed by atoms with Crippen molar-refractivity contribution in [2.45, 2.75) is 57.6 Å². The zero-order chi connectivity index (χ0) is 18.1. The van der Waals surface area contributed by atoms with E-state index in [-0.39, 0.29) is 23.8 Å². The fraction of sp³-hybridized carbons (Fsp3) is 0.737. The van der Waals surface area contributed by atoms with Gasteiger partial charge in [-0.3, -0.25) is 9.59 Å². The van der Waals surface area contributed by atoms with Gasteiger partial charge in [-0.05, 0) is 44.9 Å². The van der Waals surface area contributed by atoms with E-state index in [1.807, 2.05) is 9.47 Å². The second-order valence-electron chi connectivity index (χ2n) is 7.84. The van der Waals surface area contributed by atoms with Crippen molar-refractivity contribution in [1.82, 2.24) is 19.4 Å². The largest absolute Gasteiger partial charge is 0.393 e. The van der Waals surface area contributed by atoms with Crippen molar-refractivity contribution in [1.29, 1.82) is 0 Å². The Hall–Kier alpha value is -1.89. The van der Waals surface area contributed by atoms with Crippen molar-refractivity contribution >= 4 is 11.8 Å². The van der Waals surface area contributed by atoms with Crippen LogP contribution in [0.4, 0.5) is 0 Å². The predicted octanol–water partition coefficient (Wildman–Crippen LogP) is 1.05. The smallest absolute Gasteiger partial charge is 0.274 e. The van der Waals surface area contributed by atoms with Crippen LogP contribution in [0.25, 0.3) is 0 Å². The molecule has 1 unspecified atom stereocenters. The molecule has 7 nitrogen and oxygen atoms in total. The molecular weight excluding hydrogens is 332 g/mol. The summed E-state index contributed by atoms with van der Waals surface area (Å²) in [5.74, 6) is 0.233. The molecule has 3 aliphatic heterocycles. The maximum absolute atomic E-state index is 12.8. The van der Waals surface area contributed by atoms with Crippen molar-refractivity contribution in [2.24, 2.45) is 5.92 Å². The molecule has 0 aliphatic carbocycles. The van der Waals surface area contributed by atoms with Gasteiger partial charge in [0.25, 0.3) is 5.91 Å². The van der Waals surface area contributed by atoms with Crippen LogP contribution >= 0.6 is 0 Å². The van der Waals surface area contributed by atoms with Crippen LogP contribution in [-0.4, -0.2) is 68.6 Å². The molecule has 0 spiro atoms. The summed E-state index contributed by atoms with van der Waals surface area (Å²) in [6, 6.07) is 0. The second-order valence-corrected chi connectivity index (χ2v) is 7.84. The summed E-state index contributed by atoms with van der Waals surface area (Å²) >= 11 is 0. The Labute approximate surface area is 154 Å². The summed E-state index contributed by atoms with van der Waals surface area (Å²) in [7, 11) is 0. The molecule has 1 N–H and O–H groups in total. The first-order valence-corrected chi connectivity index (χ1v) is 9.93. The number of aromatic nitrogens is 2. The van der Waals surface area contributed by atoms with Gasteiger partial charge in [-0.1, -0.05) is 0 Å². The van der Waals surface area contributed by atoms with Crippen molar-refractivity contribution in [3.8, 4) is 0 Å². The Bertz CT molecular complexity index is 672. The number of imidazole rings is 1. The molecule has 3 aliphatic rings. The quantitative estimate of drug-likeness (QED) is 0.855. The maximum Gasteiger partial charge on any atom is 0.274 e. The Morgan fingerprint density at radius 1 is 1.00 bits per heavy atom. The van der Waals surface area contributed by atoms with E-state index in [2.05, 4.69) is 4.98 Å². The highest BCUT2D eigenvalue weighted by atomic mass is 16.3. The number of amides is 2. The van der Waals surface area contributed by atoms with E-state index in [0.717, 1.165) is 44.5 Å². The number of rotatable bonds is 2. The fourth-order valence-corrected chi connectivity index (χ4v) is 4.44. The van der Waals surface area contributed by atoms with Crippen LogP contribution in [0.5, 0.6) is 0 Å². The van der Waals surface area contributed by atoms with Crippen molar-refractivity contribution in [3.63, 3.8) is 0 Å². The van der Waals surface area contributed by atoms with E-state index in [4.69, 9.17) is 0 Å². The van der Waals surface area contributed by atoms with Gasteiger partial charge in [0.1, 0.15) is 5.69 Å². The van der Waals surface area contributed by atoms with E-state index >= 15 is 0 Å². The van der Waals surface area contributed by atoms with Gasteiger partial charge in [-0.15, -0.1) is 0 Å². The standard InChI is InChI=1S/C19H28N4O3/c24-15-6-10-22(11-7-15)19(26)17-16-5-4-14(12-23(16)13-20-17)18(25)21-8-2-1-3-9-21/h13-15,24H,1-12H2. The molecule has 1 atom stereocenters. The average molecular weight is 360 g/mol. The monoisotopic (exact) mass is 360 g/mol. The van der Waals surface area contributed by atoms with E-state index in [0.29, 0.717) is 38.2 Å². The minimum absolute atomic E-state index is 0.00267. The second kappa shape index (κ2) is 7.39. The molecule has 2 fully saturated rings. The molecule has 2 saturated heterocycles. The SMILES string of the molecule is O=C(c1ncn2c1CCC(C(=O)N1CCCCC1)C2)N1CCC(O)CC1. The summed E-state index contributed by atoms with van der Waals surface area (Å²) in [6.07, 6.45) is 7.65. The highest BCUT2D eigenvalue weighted by molar-refractivity contribution is 5.93. The third-order valence-corrected chi connectivity index (χ3v) is 6.06. The molecule has 0 bridgehead atoms. The van der Waals surface area contributed by atoms with Gasteiger partial charge in [-0.25, -0.2) is 4.98 Å². The number of carbonyl (C=O) groups is 2. The van der Waals surface area contributed by atoms with Gasteiger partial charge >= 0.3 is 0 Å². The zero-order valence-corrected chi connectivity index (χ0v) is 15.3. The number of fused-ring (bicyclic) bond motifs is 1. The van der Waals surface area contributed by atoms with Crippen LogP contribution in [0.3, 0.4) is 0 Å². The molecule has 4 heterocycles. The average Bonchev–Trinajstić information content (AvgIpc) is 3.11. The van der Waals surface area contributed by atoms with Crippen LogP contribution in [0.2, 0.25) is 0 Å². The van der Waals surface area contributed by atoms with Crippen molar-refractivity contribution in [3.05, 3.63) is 17.7 Å². The number of aliphatic hydroxyl groups is 1. The Morgan fingerprint density at radius 3 is 2.46 bits per heavy atom. The molecule has 0 radical (unpaired) electrons. The first kappa shape index (κ1) is 17.5. The molecule has 0 saturated carbocycles. The summed E-state index contributed by atoms with van der Waals surface area (Å²) in [5.41, 5.74) is 1.49. The van der Waals surface area contributed by atoms with Crippen LogP contribution < -0.4 is 0 Å². The van der Waals surface area contributed by atoms with Gasteiger partial charge in [-0.2, -0.15) is 0 Å². The molecule has 7 heteroatoms. The number of piperidine rings is 2. The van der Waals surface area contributed by atoms with E-state index in [1.54, 1.807) is 11.2 Å². The van der Waals surface area contributed by atoms with Gasteiger partial charge in [0.05, 0.1) is 24.0 Å². The lowest BCUT2D eigenvalue weighted by atomic mass is 9.94. The van der Waals surface area contributed by atoms with Crippen molar-refractivity contribution < 1.29 is 14.7 Å². The Kier molecular flexibility index (Phi) is 4.98. The van der Waals surface area contributed by atoms with Crippen LogP contribution in [0.15, 0.2) is 6.33 Å². The van der Waals surface area contributed by atoms with Crippen LogP contribution in [-0.2, 0) is 17.8 Å². The van der Waals surface area contributed by atoms with Crippen LogP contribution in [0.1, 0.15) is 54.7 Å². The lowest BCUT2D eigenvalue weighted by Gasteiger charge is -2.33. The molecule has 1 aromatic rings. The third-order valence-electron chi connectivity index (χ3n) is 6.06. The lowest BCUT2D eigenvalue weighted by Crippen LogP contribution is -2.43. The minimum Gasteiger partial charge on any atom is -0.393 e. The summed E-state index contributed by atoms with van der Waals surface area (Å²) < 4.78 is 2.00. The number of hydrogen-bond donors (Lipinski definition) is 1. The highest BCUT2D eigenvalue weighted by Gasteiger charge is 2.33. The summed E-state index contributed by atoms with van der Waals surface area (Å²) in [4.78, 5) is 33.8. The molecule has 4 rings (SSSR count). The Morgan fingerprint density at radius 2 is 1.73 bits per heavy atom. The summed E-state index contributed by atoms with van der Waals surface area (Å²) in [6.45, 7) is 3.57. The molecule has 2 amide bonds. The zero-order valence-electron chi connectivity index (χ0n) is 15.3. The molecular formula is C19H28N4O3. The molecule has 1 aromatic heterocycles. The fourth-order valence-electron chi connectivity index (χ4n) is 4.44. The third kappa shape index (κ3) is 3.37. The lowest BCUT2D eigenvalue weighted by molar-refractivity contribution is -0.137. The van der Waals surface area contributed by atoms with E-state index in [1.165, 1.54) is 6.42 Å². The molecule has 26 heavy (non-hydrogen) atoms. The first-order chi connectivity index (χ1) is 12.6. The van der Waals surface area contributed by atoms with Gasteiger partial charge in [0.15, 0.2) is 0 Å². The van der Waals surface area contributed by atoms with E-state index in [9.17, 15) is 14.7 Å².